The zero-order valence-corrected chi connectivity index (χ0v) is 19.9. The summed E-state index contributed by atoms with van der Waals surface area (Å²) in [7, 11) is -13.3. The Labute approximate surface area is 197 Å². The third kappa shape index (κ3) is 4.11. The third-order valence-electron chi connectivity index (χ3n) is 5.06. The van der Waals surface area contributed by atoms with E-state index < -0.39 is 49.9 Å². The zero-order chi connectivity index (χ0) is 24.6. The Morgan fingerprint density at radius 3 is 1.03 bits per heavy atom. The second kappa shape index (κ2) is 8.71. The minimum absolute atomic E-state index is 0.160. The monoisotopic (exact) mass is 514 g/mol. The van der Waals surface area contributed by atoms with Crippen LogP contribution in [0.2, 0.25) is 0 Å². The summed E-state index contributed by atoms with van der Waals surface area (Å²) in [5.41, 5.74) is 0. The van der Waals surface area contributed by atoms with E-state index in [1.54, 1.807) is 18.2 Å². The summed E-state index contributed by atoms with van der Waals surface area (Å²) in [6.45, 7) is 0. The van der Waals surface area contributed by atoms with Crippen molar-refractivity contribution < 1.29 is 30.4 Å². The van der Waals surface area contributed by atoms with Crippen LogP contribution >= 0.6 is 0 Å². The Bertz CT molecular complexity index is 1570. The highest BCUT2D eigenvalue weighted by atomic mass is 32.2. The van der Waals surface area contributed by atoms with Gasteiger partial charge in [0.2, 0.25) is 29.5 Å². The van der Waals surface area contributed by atoms with E-state index >= 15 is 0 Å². The van der Waals surface area contributed by atoms with Crippen molar-refractivity contribution in [2.24, 2.45) is 0 Å². The average Bonchev–Trinajstić information content (AvgIpc) is 2.85. The maximum absolute atomic E-state index is 13.3. The van der Waals surface area contributed by atoms with Crippen molar-refractivity contribution in [1.82, 2.24) is 0 Å². The highest BCUT2D eigenvalue weighted by Crippen LogP contribution is 2.39. The number of aromatic hydroxyl groups is 1. The summed E-state index contributed by atoms with van der Waals surface area (Å²) in [6.07, 6.45) is 0. The highest BCUT2D eigenvalue weighted by molar-refractivity contribution is 7.93. The van der Waals surface area contributed by atoms with Crippen molar-refractivity contribution >= 4 is 29.5 Å². The maximum atomic E-state index is 13.3. The summed E-state index contributed by atoms with van der Waals surface area (Å²) in [4.78, 5) is -2.87. The van der Waals surface area contributed by atoms with Crippen LogP contribution < -0.4 is 0 Å². The summed E-state index contributed by atoms with van der Waals surface area (Å²) >= 11 is 0. The molecule has 174 valence electrons. The van der Waals surface area contributed by atoms with Crippen LogP contribution in [0.3, 0.4) is 0 Å². The molecule has 0 aliphatic carbocycles. The molecule has 0 amide bonds. The summed E-state index contributed by atoms with van der Waals surface area (Å²) in [5.74, 6) is -1.06. The molecular weight excluding hydrogens is 496 g/mol. The molecule has 0 aromatic heterocycles. The molecule has 0 aliphatic heterocycles. The van der Waals surface area contributed by atoms with Gasteiger partial charge in [0, 0.05) is 0 Å². The predicted molar refractivity (Wildman–Crippen MR) is 124 cm³/mol. The van der Waals surface area contributed by atoms with Crippen LogP contribution in [0.5, 0.6) is 5.75 Å². The molecule has 0 fully saturated rings. The van der Waals surface area contributed by atoms with Crippen molar-refractivity contribution in [3.63, 3.8) is 0 Å². The van der Waals surface area contributed by atoms with Gasteiger partial charge in [0.1, 0.15) is 9.79 Å². The fourth-order valence-electron chi connectivity index (χ4n) is 3.31. The molecule has 0 heterocycles. The van der Waals surface area contributed by atoms with Crippen LogP contribution in [0.4, 0.5) is 0 Å². The standard InChI is InChI=1S/C24H18O7S3/c25-24-22(33(28,29)19-12-6-2-7-13-19)16-21(32(26,27)18-10-4-1-5-11-18)17-23(24)34(30,31)20-14-8-3-9-15-20/h1-17,25H. The fraction of sp³-hybridized carbons (Fsp3) is 0. The van der Waals surface area contributed by atoms with E-state index in [4.69, 9.17) is 0 Å². The molecule has 4 rings (SSSR count). The van der Waals surface area contributed by atoms with Crippen LogP contribution in [-0.2, 0) is 29.5 Å². The lowest BCUT2D eigenvalue weighted by atomic mass is 10.3. The normalized spacial score (nSPS) is 12.4. The van der Waals surface area contributed by atoms with Crippen LogP contribution in [0.25, 0.3) is 0 Å². The molecule has 0 saturated carbocycles. The quantitative estimate of drug-likeness (QED) is 0.414. The van der Waals surface area contributed by atoms with Gasteiger partial charge < -0.3 is 5.11 Å². The fourth-order valence-corrected chi connectivity index (χ4v) is 7.69. The molecule has 7 nitrogen and oxygen atoms in total. The molecule has 0 aliphatic rings. The van der Waals surface area contributed by atoms with E-state index in [0.717, 1.165) is 12.1 Å². The van der Waals surface area contributed by atoms with Crippen LogP contribution in [0, 0.1) is 0 Å². The van der Waals surface area contributed by atoms with Gasteiger partial charge in [-0.15, -0.1) is 0 Å². The minimum atomic E-state index is -4.48. The number of benzene rings is 4. The lowest BCUT2D eigenvalue weighted by molar-refractivity contribution is 0.441. The van der Waals surface area contributed by atoms with Crippen LogP contribution in [-0.4, -0.2) is 30.4 Å². The van der Waals surface area contributed by atoms with E-state index in [2.05, 4.69) is 0 Å². The minimum Gasteiger partial charge on any atom is -0.505 e. The van der Waals surface area contributed by atoms with Gasteiger partial charge in [0.05, 0.1) is 19.6 Å². The van der Waals surface area contributed by atoms with Crippen molar-refractivity contribution in [2.45, 2.75) is 29.4 Å². The van der Waals surface area contributed by atoms with E-state index in [9.17, 15) is 30.4 Å². The van der Waals surface area contributed by atoms with E-state index in [1.807, 2.05) is 0 Å². The lowest BCUT2D eigenvalue weighted by Gasteiger charge is -2.15. The highest BCUT2D eigenvalue weighted by Gasteiger charge is 2.33. The summed E-state index contributed by atoms with van der Waals surface area (Å²) in [6, 6.07) is 22.8. The molecule has 0 spiro atoms. The Hall–Kier alpha value is -3.47. The van der Waals surface area contributed by atoms with Gasteiger partial charge in [0.15, 0.2) is 5.75 Å². The first-order valence-electron chi connectivity index (χ1n) is 9.84. The Morgan fingerprint density at radius 2 is 0.706 bits per heavy atom. The molecular formula is C24H18O7S3. The Kier molecular flexibility index (Phi) is 6.07. The molecule has 0 unspecified atom stereocenters. The largest absolute Gasteiger partial charge is 0.505 e. The molecule has 4 aromatic rings. The molecule has 0 radical (unpaired) electrons. The second-order valence-electron chi connectivity index (χ2n) is 7.22. The Balaban J connectivity index is 2.08. The molecule has 4 aromatic carbocycles. The van der Waals surface area contributed by atoms with Crippen molar-refractivity contribution in [1.29, 1.82) is 0 Å². The molecule has 0 bridgehead atoms. The topological polar surface area (TPSA) is 123 Å². The number of phenolic OH excluding ortho intramolecular Hbond substituents is 1. The van der Waals surface area contributed by atoms with Gasteiger partial charge in [-0.25, -0.2) is 25.3 Å². The van der Waals surface area contributed by atoms with Crippen molar-refractivity contribution in [3.8, 4) is 5.75 Å². The third-order valence-corrected chi connectivity index (χ3v) is 10.4. The van der Waals surface area contributed by atoms with Crippen molar-refractivity contribution in [2.75, 3.05) is 0 Å². The SMILES string of the molecule is O=S(=O)(c1ccccc1)c1cc(S(=O)(=O)c2ccccc2)c(O)c(S(=O)(=O)c2ccccc2)c1. The number of hydrogen-bond donors (Lipinski definition) is 1. The molecule has 0 atom stereocenters. The maximum Gasteiger partial charge on any atom is 0.210 e. The smallest absolute Gasteiger partial charge is 0.210 e. The number of phenols is 1. The van der Waals surface area contributed by atoms with Gasteiger partial charge in [-0.05, 0) is 48.5 Å². The van der Waals surface area contributed by atoms with Gasteiger partial charge in [0.25, 0.3) is 0 Å². The van der Waals surface area contributed by atoms with Crippen molar-refractivity contribution in [3.05, 3.63) is 103 Å². The first-order valence-corrected chi connectivity index (χ1v) is 14.3. The predicted octanol–water partition coefficient (Wildman–Crippen LogP) is 3.89. The summed E-state index contributed by atoms with van der Waals surface area (Å²) in [5, 5.41) is 10.9. The number of hydrogen-bond acceptors (Lipinski definition) is 7. The Morgan fingerprint density at radius 1 is 0.412 bits per heavy atom. The number of rotatable bonds is 6. The molecule has 10 heteroatoms. The molecule has 0 saturated heterocycles. The lowest BCUT2D eigenvalue weighted by Crippen LogP contribution is -2.11. The molecule has 1 N–H and O–H groups in total. The van der Waals surface area contributed by atoms with Gasteiger partial charge in [-0.2, -0.15) is 0 Å². The van der Waals surface area contributed by atoms with Crippen LogP contribution in [0.1, 0.15) is 0 Å². The van der Waals surface area contributed by atoms with Gasteiger partial charge in [-0.1, -0.05) is 54.6 Å². The zero-order valence-electron chi connectivity index (χ0n) is 17.4. The van der Waals surface area contributed by atoms with Gasteiger partial charge >= 0.3 is 0 Å². The number of sulfone groups is 3. The van der Waals surface area contributed by atoms with E-state index in [1.165, 1.54) is 72.8 Å². The first kappa shape index (κ1) is 23.7. The van der Waals surface area contributed by atoms with E-state index in [0.29, 0.717) is 0 Å². The summed E-state index contributed by atoms with van der Waals surface area (Å²) < 4.78 is 80.0. The van der Waals surface area contributed by atoms with Crippen LogP contribution in [0.15, 0.2) is 133 Å². The average molecular weight is 515 g/mol. The first-order chi connectivity index (χ1) is 16.1. The van der Waals surface area contributed by atoms with E-state index in [-0.39, 0.29) is 14.7 Å². The second-order valence-corrected chi connectivity index (χ2v) is 13.0. The molecule has 34 heavy (non-hydrogen) atoms. The van der Waals surface area contributed by atoms with Gasteiger partial charge in [-0.3, -0.25) is 0 Å².